The van der Waals surface area contributed by atoms with E-state index in [-0.39, 0.29) is 17.1 Å². The molecule has 0 aliphatic carbocycles. The van der Waals surface area contributed by atoms with Gasteiger partial charge in [0.05, 0.1) is 0 Å². The average Bonchev–Trinajstić information content (AvgIpc) is 2.24. The molecule has 0 saturated carbocycles. The van der Waals surface area contributed by atoms with Crippen LogP contribution in [0.5, 0.6) is 0 Å². The fourth-order valence-electron chi connectivity index (χ4n) is 0.770. The molecule has 2 rings (SSSR count). The second-order valence-electron chi connectivity index (χ2n) is 2.31. The summed E-state index contributed by atoms with van der Waals surface area (Å²) in [7, 11) is 0. The first kappa shape index (κ1) is 12.0. The van der Waals surface area contributed by atoms with Gasteiger partial charge < -0.3 is 0 Å². The van der Waals surface area contributed by atoms with Crippen LogP contribution < -0.4 is 0 Å². The molecule has 68 valence electrons. The van der Waals surface area contributed by atoms with Gasteiger partial charge in [0.15, 0.2) is 0 Å². The summed E-state index contributed by atoms with van der Waals surface area (Å²) in [5.41, 5.74) is 0. The predicted molar refractivity (Wildman–Crippen MR) is 52.9 cm³/mol. The summed E-state index contributed by atoms with van der Waals surface area (Å²) in [6.45, 7) is 0. The van der Waals surface area contributed by atoms with E-state index in [2.05, 4.69) is 0 Å². The molecule has 0 nitrogen and oxygen atoms in total. The Morgan fingerprint density at radius 3 is 0.385 bits per heavy atom. The minimum atomic E-state index is 0. The van der Waals surface area contributed by atoms with E-state index in [1.54, 1.807) is 0 Å². The molecule has 0 atom stereocenters. The zero-order chi connectivity index (χ0) is 8.49. The van der Waals surface area contributed by atoms with Crippen LogP contribution in [0, 0.1) is 0 Å². The van der Waals surface area contributed by atoms with Crippen LogP contribution in [0.25, 0.3) is 0 Å². The number of rotatable bonds is 0. The van der Waals surface area contributed by atoms with Gasteiger partial charge in [-0.25, -0.2) is 0 Å². The summed E-state index contributed by atoms with van der Waals surface area (Å²) in [4.78, 5) is 0. The van der Waals surface area contributed by atoms with Crippen molar-refractivity contribution in [3.63, 3.8) is 0 Å². The third-order valence-electron chi connectivity index (χ3n) is 1.33. The van der Waals surface area contributed by atoms with Gasteiger partial charge >= 0.3 is 0 Å². The number of hydrogen-bond acceptors (Lipinski definition) is 0. The maximum atomic E-state index is 2.00. The van der Waals surface area contributed by atoms with Crippen molar-refractivity contribution >= 4 is 0 Å². The van der Waals surface area contributed by atoms with E-state index in [4.69, 9.17) is 0 Å². The minimum absolute atomic E-state index is 0. The summed E-state index contributed by atoms with van der Waals surface area (Å²) in [6.07, 6.45) is 0. The van der Waals surface area contributed by atoms with E-state index < -0.39 is 0 Å². The Bertz CT molecular complexity index is 181. The first-order valence-electron chi connectivity index (χ1n) is 4.00. The molecule has 0 spiro atoms. The molecule has 1 heteroatoms. The third kappa shape index (κ3) is 7.32. The van der Waals surface area contributed by atoms with Crippen LogP contribution in [0.4, 0.5) is 0 Å². The van der Waals surface area contributed by atoms with Crippen LogP contribution in [-0.2, 0) is 17.1 Å². The first-order chi connectivity index (χ1) is 6.00. The molecule has 2 aromatic rings. The Morgan fingerprint density at radius 1 is 0.231 bits per heavy atom. The molecular formula is C12H12Fe. The van der Waals surface area contributed by atoms with Crippen molar-refractivity contribution in [2.45, 2.75) is 0 Å². The molecule has 0 bridgehead atoms. The normalized spacial score (nSPS) is 7.38. The molecule has 0 radical (unpaired) electrons. The molecule has 2 aromatic carbocycles. The van der Waals surface area contributed by atoms with Crippen molar-refractivity contribution in [2.24, 2.45) is 0 Å². The molecule has 0 amide bonds. The van der Waals surface area contributed by atoms with Crippen molar-refractivity contribution in [3.05, 3.63) is 72.8 Å². The Kier molecular flexibility index (Phi) is 8.33. The van der Waals surface area contributed by atoms with Gasteiger partial charge in [0.25, 0.3) is 0 Å². The Hall–Kier alpha value is -1.04. The summed E-state index contributed by atoms with van der Waals surface area (Å²) < 4.78 is 0. The van der Waals surface area contributed by atoms with E-state index >= 15 is 0 Å². The van der Waals surface area contributed by atoms with Gasteiger partial charge in [-0.3, -0.25) is 0 Å². The van der Waals surface area contributed by atoms with E-state index in [9.17, 15) is 0 Å². The van der Waals surface area contributed by atoms with Crippen molar-refractivity contribution in [2.75, 3.05) is 0 Å². The fraction of sp³-hybridized carbons (Fsp3) is 0. The Balaban J connectivity index is 0.000000206. The van der Waals surface area contributed by atoms with Crippen molar-refractivity contribution in [1.29, 1.82) is 0 Å². The quantitative estimate of drug-likeness (QED) is 0.587. The number of hydrogen-bond donors (Lipinski definition) is 0. The Labute approximate surface area is 90.1 Å². The SMILES string of the molecule is [Fe].c1ccccc1.c1ccccc1. The van der Waals surface area contributed by atoms with E-state index in [1.807, 2.05) is 72.8 Å². The largest absolute Gasteiger partial charge is 0.0623 e. The second kappa shape index (κ2) is 9.05. The monoisotopic (exact) mass is 212 g/mol. The van der Waals surface area contributed by atoms with Crippen LogP contribution in [0.1, 0.15) is 0 Å². The van der Waals surface area contributed by atoms with Crippen molar-refractivity contribution in [3.8, 4) is 0 Å². The van der Waals surface area contributed by atoms with Crippen LogP contribution in [-0.4, -0.2) is 0 Å². The third-order valence-corrected chi connectivity index (χ3v) is 1.33. The van der Waals surface area contributed by atoms with E-state index in [0.717, 1.165) is 0 Å². The molecule has 0 aromatic heterocycles. The molecular weight excluding hydrogens is 200 g/mol. The van der Waals surface area contributed by atoms with Crippen LogP contribution >= 0.6 is 0 Å². The van der Waals surface area contributed by atoms with Crippen molar-refractivity contribution in [1.82, 2.24) is 0 Å². The van der Waals surface area contributed by atoms with Gasteiger partial charge in [-0.1, -0.05) is 72.8 Å². The average molecular weight is 212 g/mol. The molecule has 0 heterocycles. The first-order valence-corrected chi connectivity index (χ1v) is 4.00. The van der Waals surface area contributed by atoms with Gasteiger partial charge in [0.1, 0.15) is 0 Å². The number of benzene rings is 2. The summed E-state index contributed by atoms with van der Waals surface area (Å²) in [5, 5.41) is 0. The Morgan fingerprint density at radius 2 is 0.308 bits per heavy atom. The molecule has 0 saturated heterocycles. The maximum Gasteiger partial charge on any atom is 0 e. The summed E-state index contributed by atoms with van der Waals surface area (Å²) >= 11 is 0. The maximum absolute atomic E-state index is 2.00. The standard InChI is InChI=1S/2C6H6.Fe/c2*1-2-4-6-5-3-1;/h2*1-6H;. The molecule has 0 aliphatic rings. The van der Waals surface area contributed by atoms with Crippen LogP contribution in [0.15, 0.2) is 72.8 Å². The van der Waals surface area contributed by atoms with Gasteiger partial charge in [0, 0.05) is 17.1 Å². The molecule has 0 unspecified atom stereocenters. The van der Waals surface area contributed by atoms with E-state index in [0.29, 0.717) is 0 Å². The molecule has 0 aliphatic heterocycles. The minimum Gasteiger partial charge on any atom is -0.0623 e. The molecule has 0 N–H and O–H groups in total. The van der Waals surface area contributed by atoms with Crippen LogP contribution in [0.3, 0.4) is 0 Å². The predicted octanol–water partition coefficient (Wildman–Crippen LogP) is 3.37. The van der Waals surface area contributed by atoms with E-state index in [1.165, 1.54) is 0 Å². The fourth-order valence-corrected chi connectivity index (χ4v) is 0.770. The van der Waals surface area contributed by atoms with Gasteiger partial charge in [-0.2, -0.15) is 0 Å². The van der Waals surface area contributed by atoms with Gasteiger partial charge in [-0.05, 0) is 0 Å². The zero-order valence-electron chi connectivity index (χ0n) is 7.28. The van der Waals surface area contributed by atoms with Gasteiger partial charge in [-0.15, -0.1) is 0 Å². The summed E-state index contributed by atoms with van der Waals surface area (Å²) in [6, 6.07) is 24.0. The molecule has 13 heavy (non-hydrogen) atoms. The van der Waals surface area contributed by atoms with Gasteiger partial charge in [0.2, 0.25) is 0 Å². The zero-order valence-corrected chi connectivity index (χ0v) is 8.39. The topological polar surface area (TPSA) is 0 Å². The smallest absolute Gasteiger partial charge is 0 e. The second-order valence-corrected chi connectivity index (χ2v) is 2.31. The van der Waals surface area contributed by atoms with Crippen LogP contribution in [0.2, 0.25) is 0 Å². The van der Waals surface area contributed by atoms with Crippen molar-refractivity contribution < 1.29 is 17.1 Å². The molecule has 0 fully saturated rings. The summed E-state index contributed by atoms with van der Waals surface area (Å²) in [5.74, 6) is 0.